The summed E-state index contributed by atoms with van der Waals surface area (Å²) in [6, 6.07) is 4.95. The lowest BCUT2D eigenvalue weighted by Gasteiger charge is -2.20. The maximum Gasteiger partial charge on any atom is 0.418 e. The number of alkyl halides is 3. The predicted molar refractivity (Wildman–Crippen MR) is 118 cm³/mol. The topological polar surface area (TPSA) is 111 Å². The fraction of sp³-hybridized carbons (Fsp3) is 0.304. The van der Waals surface area contributed by atoms with E-state index in [-0.39, 0.29) is 16.9 Å². The fourth-order valence-corrected chi connectivity index (χ4v) is 3.67. The molecule has 0 saturated carbocycles. The Labute approximate surface area is 189 Å². The minimum absolute atomic E-state index is 0.210. The number of nitriles is 1. The van der Waals surface area contributed by atoms with Gasteiger partial charge >= 0.3 is 6.18 Å². The number of nitrogens with zero attached hydrogens (tertiary/aromatic N) is 4. The van der Waals surface area contributed by atoms with Crippen LogP contribution in [0.15, 0.2) is 30.7 Å². The van der Waals surface area contributed by atoms with E-state index in [2.05, 4.69) is 15.4 Å². The first kappa shape index (κ1) is 23.8. The number of benzene rings is 1. The number of pyridine rings is 1. The fourth-order valence-electron chi connectivity index (χ4n) is 3.67. The lowest BCUT2D eigenvalue weighted by Crippen LogP contribution is -2.17. The summed E-state index contributed by atoms with van der Waals surface area (Å²) in [6.07, 6.45) is 3.87. The van der Waals surface area contributed by atoms with Gasteiger partial charge in [-0.1, -0.05) is 0 Å². The number of rotatable bonds is 3. The Kier molecular flexibility index (Phi) is 7.01. The van der Waals surface area contributed by atoms with Crippen LogP contribution in [0, 0.1) is 23.7 Å². The van der Waals surface area contributed by atoms with Crippen molar-refractivity contribution in [3.63, 3.8) is 0 Å². The maximum atomic E-state index is 12.8. The zero-order valence-electron chi connectivity index (χ0n) is 18.2. The van der Waals surface area contributed by atoms with Crippen molar-refractivity contribution in [1.82, 2.24) is 14.8 Å². The van der Waals surface area contributed by atoms with Gasteiger partial charge in [-0.3, -0.25) is 9.67 Å². The molecule has 0 saturated heterocycles. The smallest absolute Gasteiger partial charge is 0.418 e. The number of halogens is 3. The molecule has 4 rings (SSSR count). The number of nitrogens with one attached hydrogen (secondary N) is 2. The molecule has 0 unspecified atom stereocenters. The van der Waals surface area contributed by atoms with Gasteiger partial charge in [-0.25, -0.2) is 0 Å². The summed E-state index contributed by atoms with van der Waals surface area (Å²) < 4.78 is 40.2. The largest absolute Gasteiger partial charge is 0.508 e. The summed E-state index contributed by atoms with van der Waals surface area (Å²) in [5.41, 5.74) is 2.56. The molecule has 0 spiro atoms. The molecule has 10 heteroatoms. The Morgan fingerprint density at radius 1 is 1.24 bits per heavy atom. The lowest BCUT2D eigenvalue weighted by molar-refractivity contribution is -0.138. The molecular weight excluding hydrogens is 433 g/mol. The SMILES string of the molecule is Cc1cc(C=N)c(Nc2cnn(C)c2)cc1O.N#Cc1cnc2c(c1C(F)(F)F)CCCC2. The number of aromatic nitrogens is 3. The summed E-state index contributed by atoms with van der Waals surface area (Å²) >= 11 is 0. The molecular formula is C23H23F3N6O. The van der Waals surface area contributed by atoms with E-state index in [1.807, 2.05) is 13.2 Å². The third kappa shape index (κ3) is 5.49. The molecule has 33 heavy (non-hydrogen) atoms. The van der Waals surface area contributed by atoms with Crippen LogP contribution in [0.2, 0.25) is 0 Å². The molecule has 172 valence electrons. The van der Waals surface area contributed by atoms with Gasteiger partial charge in [0.15, 0.2) is 0 Å². The number of anilines is 2. The second kappa shape index (κ2) is 9.73. The molecule has 1 aliphatic rings. The quantitative estimate of drug-likeness (QED) is 0.479. The number of hydrogen-bond acceptors (Lipinski definition) is 6. The van der Waals surface area contributed by atoms with Gasteiger partial charge in [0.25, 0.3) is 0 Å². The summed E-state index contributed by atoms with van der Waals surface area (Å²) in [7, 11) is 1.83. The average Bonchev–Trinajstić information content (AvgIpc) is 3.19. The first-order chi connectivity index (χ1) is 15.6. The van der Waals surface area contributed by atoms with E-state index in [0.717, 1.165) is 35.9 Å². The van der Waals surface area contributed by atoms with Crippen LogP contribution >= 0.6 is 0 Å². The Morgan fingerprint density at radius 2 is 1.97 bits per heavy atom. The van der Waals surface area contributed by atoms with Crippen LogP contribution in [0.4, 0.5) is 24.5 Å². The molecule has 1 aliphatic carbocycles. The first-order valence-electron chi connectivity index (χ1n) is 10.2. The Morgan fingerprint density at radius 3 is 2.58 bits per heavy atom. The molecule has 2 aromatic heterocycles. The number of hydrogen-bond donors (Lipinski definition) is 3. The minimum atomic E-state index is -4.46. The van der Waals surface area contributed by atoms with E-state index in [1.165, 1.54) is 6.21 Å². The van der Waals surface area contributed by atoms with Gasteiger partial charge in [-0.2, -0.15) is 23.5 Å². The molecule has 0 fully saturated rings. The van der Waals surface area contributed by atoms with Gasteiger partial charge in [-0.15, -0.1) is 0 Å². The third-order valence-electron chi connectivity index (χ3n) is 5.27. The minimum Gasteiger partial charge on any atom is -0.508 e. The molecule has 0 bridgehead atoms. The lowest BCUT2D eigenvalue weighted by atomic mass is 9.90. The highest BCUT2D eigenvalue weighted by Gasteiger charge is 2.38. The van der Waals surface area contributed by atoms with Crippen LogP contribution in [0.3, 0.4) is 0 Å². The van der Waals surface area contributed by atoms with Crippen molar-refractivity contribution in [2.24, 2.45) is 7.05 Å². The number of phenols is 1. The van der Waals surface area contributed by atoms with Crippen molar-refractivity contribution in [1.29, 1.82) is 10.7 Å². The molecule has 1 aromatic carbocycles. The van der Waals surface area contributed by atoms with Gasteiger partial charge < -0.3 is 15.8 Å². The predicted octanol–water partition coefficient (Wildman–Crippen LogP) is 5.03. The van der Waals surface area contributed by atoms with Gasteiger partial charge in [-0.05, 0) is 49.8 Å². The summed E-state index contributed by atoms with van der Waals surface area (Å²) in [5, 5.41) is 32.9. The van der Waals surface area contributed by atoms with Crippen LogP contribution < -0.4 is 5.32 Å². The van der Waals surface area contributed by atoms with E-state index in [0.29, 0.717) is 24.2 Å². The normalized spacial score (nSPS) is 12.7. The van der Waals surface area contributed by atoms with E-state index in [9.17, 15) is 18.3 Å². The molecule has 0 aliphatic heterocycles. The number of fused-ring (bicyclic) bond motifs is 1. The van der Waals surface area contributed by atoms with Crippen molar-refractivity contribution < 1.29 is 18.3 Å². The highest BCUT2D eigenvalue weighted by molar-refractivity contribution is 5.88. The van der Waals surface area contributed by atoms with Gasteiger partial charge in [0.1, 0.15) is 11.8 Å². The summed E-state index contributed by atoms with van der Waals surface area (Å²) in [6.45, 7) is 1.80. The van der Waals surface area contributed by atoms with Crippen LogP contribution in [-0.2, 0) is 26.1 Å². The molecule has 3 N–H and O–H groups in total. The molecule has 2 heterocycles. The third-order valence-corrected chi connectivity index (χ3v) is 5.27. The monoisotopic (exact) mass is 456 g/mol. The van der Waals surface area contributed by atoms with Gasteiger partial charge in [0.05, 0.1) is 28.7 Å². The highest BCUT2D eigenvalue weighted by atomic mass is 19.4. The number of aryl methyl sites for hydroxylation is 3. The highest BCUT2D eigenvalue weighted by Crippen LogP contribution is 2.37. The zero-order valence-corrected chi connectivity index (χ0v) is 18.2. The second-order valence-electron chi connectivity index (χ2n) is 7.69. The Bertz CT molecular complexity index is 1210. The molecule has 3 aromatic rings. The van der Waals surface area contributed by atoms with Crippen molar-refractivity contribution in [2.75, 3.05) is 5.32 Å². The van der Waals surface area contributed by atoms with Crippen LogP contribution in [0.5, 0.6) is 5.75 Å². The van der Waals surface area contributed by atoms with E-state index >= 15 is 0 Å². The molecule has 0 amide bonds. The Balaban J connectivity index is 0.000000186. The summed E-state index contributed by atoms with van der Waals surface area (Å²) in [4.78, 5) is 3.94. The first-order valence-corrected chi connectivity index (χ1v) is 10.2. The van der Waals surface area contributed by atoms with E-state index in [4.69, 9.17) is 10.7 Å². The van der Waals surface area contributed by atoms with E-state index in [1.54, 1.807) is 36.0 Å². The van der Waals surface area contributed by atoms with Gasteiger partial charge in [0, 0.05) is 43.0 Å². The Hall–Kier alpha value is -3.87. The standard InChI is InChI=1S/C12H14N4O.C11H9F3N2/c1-8-3-9(5-13)11(4-12(8)17)15-10-6-14-16(2)7-10;12-11(13,14)10-7(5-15)6-16-9-4-2-1-3-8(9)10/h3-7,13,15,17H,1-2H3;6H,1-4H2. The molecule has 0 atom stereocenters. The van der Waals surface area contributed by atoms with Crippen molar-refractivity contribution in [3.05, 3.63) is 64.2 Å². The average molecular weight is 456 g/mol. The number of phenolic OH excluding ortho intramolecular Hbond substituents is 1. The maximum absolute atomic E-state index is 12.8. The van der Waals surface area contributed by atoms with Crippen LogP contribution in [0.1, 0.15) is 46.4 Å². The molecule has 7 nitrogen and oxygen atoms in total. The zero-order chi connectivity index (χ0) is 24.2. The van der Waals surface area contributed by atoms with Gasteiger partial charge in [0.2, 0.25) is 0 Å². The van der Waals surface area contributed by atoms with Crippen molar-refractivity contribution >= 4 is 17.6 Å². The van der Waals surface area contributed by atoms with Crippen molar-refractivity contribution in [3.8, 4) is 11.8 Å². The van der Waals surface area contributed by atoms with Crippen molar-refractivity contribution in [2.45, 2.75) is 38.8 Å². The van der Waals surface area contributed by atoms with E-state index < -0.39 is 11.7 Å². The summed E-state index contributed by atoms with van der Waals surface area (Å²) in [5.74, 6) is 0.210. The molecule has 0 radical (unpaired) electrons. The van der Waals surface area contributed by atoms with Crippen LogP contribution in [-0.4, -0.2) is 26.1 Å². The number of aromatic hydroxyl groups is 1. The second-order valence-corrected chi connectivity index (χ2v) is 7.69. The van der Waals surface area contributed by atoms with Crippen LogP contribution in [0.25, 0.3) is 0 Å².